The van der Waals surface area contributed by atoms with Gasteiger partial charge in [0.2, 0.25) is 5.91 Å². The van der Waals surface area contributed by atoms with E-state index in [0.29, 0.717) is 11.6 Å². The van der Waals surface area contributed by atoms with Gasteiger partial charge in [-0.05, 0) is 30.3 Å². The van der Waals surface area contributed by atoms with Gasteiger partial charge in [0, 0.05) is 11.9 Å². The number of anilines is 1. The van der Waals surface area contributed by atoms with Crippen molar-refractivity contribution >= 4 is 32.6 Å². The first-order chi connectivity index (χ1) is 9.74. The Morgan fingerprint density at radius 2 is 2.35 bits per heavy atom. The number of rotatable bonds is 4. The number of carbonyl (C=O) groups is 1. The van der Waals surface area contributed by atoms with Crippen LogP contribution in [-0.4, -0.2) is 23.0 Å². The number of aromatic nitrogens is 2. The Labute approximate surface area is 119 Å². The van der Waals surface area contributed by atoms with E-state index in [1.54, 1.807) is 13.3 Å². The van der Waals surface area contributed by atoms with Gasteiger partial charge in [0.05, 0.1) is 23.7 Å². The number of thiazole rings is 1. The summed E-state index contributed by atoms with van der Waals surface area (Å²) in [4.78, 5) is 19.3. The van der Waals surface area contributed by atoms with Crippen molar-refractivity contribution in [3.8, 4) is 5.75 Å². The molecular formula is C14H13N3O2S. The number of amides is 1. The summed E-state index contributed by atoms with van der Waals surface area (Å²) in [6.07, 6.45) is 2.11. The van der Waals surface area contributed by atoms with Crippen LogP contribution in [0.1, 0.15) is 5.69 Å². The number of hydrogen-bond acceptors (Lipinski definition) is 4. The Kier molecular flexibility index (Phi) is 3.39. The van der Waals surface area contributed by atoms with Crippen molar-refractivity contribution in [3.05, 3.63) is 42.2 Å². The Bertz CT molecular complexity index is 734. The van der Waals surface area contributed by atoms with Crippen molar-refractivity contribution in [3.63, 3.8) is 0 Å². The number of aromatic amines is 1. The van der Waals surface area contributed by atoms with E-state index >= 15 is 0 Å². The smallest absolute Gasteiger partial charge is 0.232 e. The maximum atomic E-state index is 11.9. The number of hydrogen-bond donors (Lipinski definition) is 2. The molecule has 0 spiro atoms. The van der Waals surface area contributed by atoms with Crippen molar-refractivity contribution in [1.82, 2.24) is 9.97 Å². The number of H-pyrrole nitrogens is 1. The highest BCUT2D eigenvalue weighted by Crippen LogP contribution is 2.29. The van der Waals surface area contributed by atoms with Crippen molar-refractivity contribution in [2.75, 3.05) is 12.4 Å². The molecular weight excluding hydrogens is 274 g/mol. The first-order valence-corrected chi connectivity index (χ1v) is 6.93. The van der Waals surface area contributed by atoms with Gasteiger partial charge in [0.1, 0.15) is 5.75 Å². The van der Waals surface area contributed by atoms with Gasteiger partial charge >= 0.3 is 0 Å². The van der Waals surface area contributed by atoms with Crippen LogP contribution in [0.25, 0.3) is 10.2 Å². The van der Waals surface area contributed by atoms with Gasteiger partial charge in [-0.2, -0.15) is 0 Å². The topological polar surface area (TPSA) is 67.0 Å². The highest BCUT2D eigenvalue weighted by Gasteiger charge is 2.09. The summed E-state index contributed by atoms with van der Waals surface area (Å²) in [5, 5.41) is 3.42. The number of nitrogens with one attached hydrogen (secondary N) is 2. The third-order valence-corrected chi connectivity index (χ3v) is 3.79. The summed E-state index contributed by atoms with van der Waals surface area (Å²) in [6.45, 7) is 0. The first kappa shape index (κ1) is 12.7. The number of methoxy groups -OCH3 is 1. The minimum absolute atomic E-state index is 0.0847. The zero-order valence-electron chi connectivity index (χ0n) is 10.8. The molecule has 102 valence electrons. The molecule has 2 aromatic heterocycles. The minimum atomic E-state index is -0.0847. The average Bonchev–Trinajstić information content (AvgIpc) is 3.06. The van der Waals surface area contributed by atoms with Gasteiger partial charge in [0.15, 0.2) is 5.13 Å². The molecule has 3 aromatic rings. The van der Waals surface area contributed by atoms with E-state index in [9.17, 15) is 4.79 Å². The maximum Gasteiger partial charge on any atom is 0.232 e. The van der Waals surface area contributed by atoms with Crippen LogP contribution >= 0.6 is 11.3 Å². The van der Waals surface area contributed by atoms with E-state index in [2.05, 4.69) is 15.3 Å². The Hall–Kier alpha value is -2.34. The van der Waals surface area contributed by atoms with E-state index in [-0.39, 0.29) is 5.91 Å². The molecule has 20 heavy (non-hydrogen) atoms. The fourth-order valence-electron chi connectivity index (χ4n) is 1.90. The van der Waals surface area contributed by atoms with E-state index in [4.69, 9.17) is 4.74 Å². The summed E-state index contributed by atoms with van der Waals surface area (Å²) < 4.78 is 6.16. The van der Waals surface area contributed by atoms with Gasteiger partial charge in [0.25, 0.3) is 0 Å². The van der Waals surface area contributed by atoms with E-state index < -0.39 is 0 Å². The molecule has 0 aliphatic rings. The summed E-state index contributed by atoms with van der Waals surface area (Å²) in [6, 6.07) is 9.39. The number of nitrogens with zero attached hydrogens (tertiary/aromatic N) is 1. The van der Waals surface area contributed by atoms with Crippen LogP contribution in [0.15, 0.2) is 36.5 Å². The zero-order chi connectivity index (χ0) is 13.9. The molecule has 2 heterocycles. The first-order valence-electron chi connectivity index (χ1n) is 6.11. The number of carbonyl (C=O) groups excluding carboxylic acids is 1. The predicted molar refractivity (Wildman–Crippen MR) is 79.3 cm³/mol. The van der Waals surface area contributed by atoms with Crippen molar-refractivity contribution in [2.45, 2.75) is 6.42 Å². The van der Waals surface area contributed by atoms with Crippen molar-refractivity contribution in [1.29, 1.82) is 0 Å². The monoisotopic (exact) mass is 287 g/mol. The highest BCUT2D eigenvalue weighted by molar-refractivity contribution is 7.22. The predicted octanol–water partition coefficient (Wildman–Crippen LogP) is 2.81. The van der Waals surface area contributed by atoms with Gasteiger partial charge in [-0.1, -0.05) is 11.3 Å². The van der Waals surface area contributed by atoms with E-state index in [1.165, 1.54) is 11.3 Å². The zero-order valence-corrected chi connectivity index (χ0v) is 11.7. The quantitative estimate of drug-likeness (QED) is 0.775. The number of benzene rings is 1. The maximum absolute atomic E-state index is 11.9. The lowest BCUT2D eigenvalue weighted by Crippen LogP contribution is -2.14. The van der Waals surface area contributed by atoms with Crippen LogP contribution < -0.4 is 10.1 Å². The van der Waals surface area contributed by atoms with Crippen molar-refractivity contribution < 1.29 is 9.53 Å². The normalized spacial score (nSPS) is 10.7. The van der Waals surface area contributed by atoms with Crippen molar-refractivity contribution in [2.24, 2.45) is 0 Å². The summed E-state index contributed by atoms with van der Waals surface area (Å²) in [5.74, 6) is 0.698. The second-order valence-electron chi connectivity index (χ2n) is 4.27. The molecule has 3 rings (SSSR count). The fraction of sp³-hybridized carbons (Fsp3) is 0.143. The van der Waals surface area contributed by atoms with Crippen LogP contribution in [-0.2, 0) is 11.2 Å². The number of fused-ring (bicyclic) bond motifs is 1. The Morgan fingerprint density at radius 1 is 1.45 bits per heavy atom. The number of ether oxygens (including phenoxy) is 1. The lowest BCUT2D eigenvalue weighted by atomic mass is 10.3. The molecule has 0 saturated carbocycles. The van der Waals surface area contributed by atoms with Gasteiger partial charge in [-0.15, -0.1) is 0 Å². The molecule has 1 amide bonds. The molecule has 1 aromatic carbocycles. The third kappa shape index (κ3) is 2.65. The average molecular weight is 287 g/mol. The molecule has 0 saturated heterocycles. The Morgan fingerprint density at radius 3 is 3.10 bits per heavy atom. The second kappa shape index (κ2) is 5.34. The molecule has 6 heteroatoms. The molecule has 0 radical (unpaired) electrons. The summed E-state index contributed by atoms with van der Waals surface area (Å²) >= 11 is 1.43. The molecule has 0 fully saturated rings. The summed E-state index contributed by atoms with van der Waals surface area (Å²) in [5.41, 5.74) is 1.73. The van der Waals surface area contributed by atoms with Crippen LogP contribution in [0.4, 0.5) is 5.13 Å². The van der Waals surface area contributed by atoms with Gasteiger partial charge in [-0.25, -0.2) is 4.98 Å². The second-order valence-corrected chi connectivity index (χ2v) is 5.30. The Balaban J connectivity index is 1.75. The van der Waals surface area contributed by atoms with E-state index in [0.717, 1.165) is 21.7 Å². The van der Waals surface area contributed by atoms with Gasteiger partial charge in [-0.3, -0.25) is 4.79 Å². The molecule has 0 bridgehead atoms. The van der Waals surface area contributed by atoms with Gasteiger partial charge < -0.3 is 15.0 Å². The molecule has 0 aliphatic carbocycles. The summed E-state index contributed by atoms with van der Waals surface area (Å²) in [7, 11) is 1.63. The van der Waals surface area contributed by atoms with Crippen LogP contribution in [0.2, 0.25) is 0 Å². The van der Waals surface area contributed by atoms with E-state index in [1.807, 2.05) is 30.3 Å². The van der Waals surface area contributed by atoms with Crippen LogP contribution in [0.3, 0.4) is 0 Å². The highest BCUT2D eigenvalue weighted by atomic mass is 32.1. The van der Waals surface area contributed by atoms with Crippen LogP contribution in [0.5, 0.6) is 5.75 Å². The SMILES string of the molecule is COc1ccc2nc(NC(=O)Cc3ccc[nH]3)sc2c1. The minimum Gasteiger partial charge on any atom is -0.497 e. The lowest BCUT2D eigenvalue weighted by Gasteiger charge is -1.99. The largest absolute Gasteiger partial charge is 0.497 e. The lowest BCUT2D eigenvalue weighted by molar-refractivity contribution is -0.115. The molecule has 0 unspecified atom stereocenters. The fourth-order valence-corrected chi connectivity index (χ4v) is 2.81. The van der Waals surface area contributed by atoms with Crippen LogP contribution in [0, 0.1) is 0 Å². The third-order valence-electron chi connectivity index (χ3n) is 2.86. The standard InChI is InChI=1S/C14H13N3O2S/c1-19-10-4-5-11-12(8-10)20-14(16-11)17-13(18)7-9-3-2-6-15-9/h2-6,8,15H,7H2,1H3,(H,16,17,18). The molecule has 0 atom stereocenters. The molecule has 5 nitrogen and oxygen atoms in total. The molecule has 2 N–H and O–H groups in total. The molecule has 0 aliphatic heterocycles.